The number of aliphatic hydroxyl groups is 2. The van der Waals surface area contributed by atoms with Crippen molar-refractivity contribution in [1.29, 1.82) is 0 Å². The second-order valence-corrected chi connectivity index (χ2v) is 2.73. The summed E-state index contributed by atoms with van der Waals surface area (Å²) in [6.07, 6.45) is 0.591. The van der Waals surface area contributed by atoms with Crippen molar-refractivity contribution in [2.24, 2.45) is 0 Å². The first-order chi connectivity index (χ1) is 6.15. The molecule has 0 fully saturated rings. The van der Waals surface area contributed by atoms with E-state index in [0.717, 1.165) is 4.90 Å². The van der Waals surface area contributed by atoms with E-state index in [2.05, 4.69) is 4.74 Å². The van der Waals surface area contributed by atoms with Gasteiger partial charge in [0.15, 0.2) is 0 Å². The highest BCUT2D eigenvalue weighted by Crippen LogP contribution is 2.13. The predicted molar refractivity (Wildman–Crippen MR) is 44.6 cm³/mol. The summed E-state index contributed by atoms with van der Waals surface area (Å²) in [5, 5.41) is 18.4. The van der Waals surface area contributed by atoms with E-state index in [-0.39, 0.29) is 13.0 Å². The van der Waals surface area contributed by atoms with Crippen LogP contribution in [0, 0.1) is 0 Å². The van der Waals surface area contributed by atoms with Crippen LogP contribution in [-0.4, -0.2) is 40.1 Å². The van der Waals surface area contributed by atoms with E-state index in [1.54, 1.807) is 6.92 Å². The van der Waals surface area contributed by atoms with Crippen molar-refractivity contribution in [2.75, 3.05) is 6.61 Å². The maximum atomic E-state index is 11.1. The number of hydrogen-bond donors (Lipinski definition) is 2. The van der Waals surface area contributed by atoms with Crippen LogP contribution in [0.3, 0.4) is 0 Å². The first-order valence-corrected chi connectivity index (χ1v) is 4.14. The normalized spacial score (nSPS) is 27.5. The number of rotatable bonds is 1. The van der Waals surface area contributed by atoms with Gasteiger partial charge in [-0.2, -0.15) is 0 Å². The van der Waals surface area contributed by atoms with Crippen molar-refractivity contribution in [2.45, 2.75) is 25.7 Å². The lowest BCUT2D eigenvalue weighted by molar-refractivity contribution is -0.00723. The summed E-state index contributed by atoms with van der Waals surface area (Å²) in [7, 11) is 0. The van der Waals surface area contributed by atoms with Crippen molar-refractivity contribution in [1.82, 2.24) is 4.90 Å². The Kier molecular flexibility index (Phi) is 3.27. The first-order valence-electron chi connectivity index (χ1n) is 4.14. The van der Waals surface area contributed by atoms with Gasteiger partial charge < -0.3 is 14.9 Å². The molecule has 0 radical (unpaired) electrons. The topological polar surface area (TPSA) is 70.0 Å². The van der Waals surface area contributed by atoms with Gasteiger partial charge in [-0.1, -0.05) is 0 Å². The molecular formula is C8H13NO4. The average molecular weight is 187 g/mol. The molecule has 0 aliphatic carbocycles. The van der Waals surface area contributed by atoms with Crippen LogP contribution in [0.2, 0.25) is 0 Å². The summed E-state index contributed by atoms with van der Waals surface area (Å²) >= 11 is 0. The summed E-state index contributed by atoms with van der Waals surface area (Å²) in [6, 6.07) is 0. The molecule has 1 amide bonds. The molecule has 74 valence electrons. The maximum Gasteiger partial charge on any atom is 0.415 e. The van der Waals surface area contributed by atoms with Gasteiger partial charge in [-0.15, -0.1) is 0 Å². The third-order valence-electron chi connectivity index (χ3n) is 1.72. The maximum absolute atomic E-state index is 11.1. The van der Waals surface area contributed by atoms with Crippen LogP contribution in [0.15, 0.2) is 12.3 Å². The minimum atomic E-state index is -1.00. The largest absolute Gasteiger partial charge is 0.449 e. The summed E-state index contributed by atoms with van der Waals surface area (Å²) in [6.45, 7) is 1.95. The fourth-order valence-corrected chi connectivity index (χ4v) is 1.08. The van der Waals surface area contributed by atoms with Gasteiger partial charge in [-0.25, -0.2) is 4.79 Å². The Morgan fingerprint density at radius 3 is 2.92 bits per heavy atom. The number of amides is 1. The average Bonchev–Trinajstić information content (AvgIpc) is 2.04. The molecule has 0 bridgehead atoms. The number of carbonyl (C=O) groups is 1. The van der Waals surface area contributed by atoms with Crippen LogP contribution >= 0.6 is 0 Å². The minimum Gasteiger partial charge on any atom is -0.449 e. The second kappa shape index (κ2) is 4.25. The lowest BCUT2D eigenvalue weighted by Gasteiger charge is -2.28. The molecule has 1 aliphatic rings. The van der Waals surface area contributed by atoms with Crippen LogP contribution in [0.4, 0.5) is 4.79 Å². The van der Waals surface area contributed by atoms with Gasteiger partial charge in [0.25, 0.3) is 0 Å². The third kappa shape index (κ3) is 2.43. The molecule has 2 atom stereocenters. The molecule has 0 aromatic rings. The van der Waals surface area contributed by atoms with E-state index in [0.29, 0.717) is 0 Å². The van der Waals surface area contributed by atoms with E-state index >= 15 is 0 Å². The van der Waals surface area contributed by atoms with Crippen molar-refractivity contribution < 1.29 is 19.7 Å². The molecule has 5 nitrogen and oxygen atoms in total. The molecule has 1 heterocycles. The molecule has 5 heteroatoms. The molecule has 13 heavy (non-hydrogen) atoms. The predicted octanol–water partition coefficient (Wildman–Crippen LogP) is 0.0416. The van der Waals surface area contributed by atoms with E-state index in [1.165, 1.54) is 12.3 Å². The van der Waals surface area contributed by atoms with Crippen LogP contribution in [0.5, 0.6) is 0 Å². The van der Waals surface area contributed by atoms with Gasteiger partial charge in [-0.3, -0.25) is 4.90 Å². The van der Waals surface area contributed by atoms with Gasteiger partial charge in [0.2, 0.25) is 0 Å². The van der Waals surface area contributed by atoms with Crippen molar-refractivity contribution in [3.63, 3.8) is 0 Å². The lowest BCUT2D eigenvalue weighted by Crippen LogP contribution is -2.41. The van der Waals surface area contributed by atoms with Gasteiger partial charge in [0.05, 0.1) is 12.7 Å². The SMILES string of the molecule is CCOC(=O)N1C=CC(O)CC1O. The minimum absolute atomic E-state index is 0.120. The zero-order chi connectivity index (χ0) is 9.84. The second-order valence-electron chi connectivity index (χ2n) is 2.73. The van der Waals surface area contributed by atoms with Crippen molar-refractivity contribution in [3.05, 3.63) is 12.3 Å². The molecule has 2 unspecified atom stereocenters. The molecule has 1 rings (SSSR count). The van der Waals surface area contributed by atoms with Gasteiger partial charge in [-0.05, 0) is 13.0 Å². The molecule has 0 saturated heterocycles. The van der Waals surface area contributed by atoms with E-state index < -0.39 is 18.4 Å². The molecule has 0 saturated carbocycles. The molecular weight excluding hydrogens is 174 g/mol. The Labute approximate surface area is 76.2 Å². The van der Waals surface area contributed by atoms with E-state index in [1.807, 2.05) is 0 Å². The highest BCUT2D eigenvalue weighted by atomic mass is 16.6. The van der Waals surface area contributed by atoms with Crippen LogP contribution in [0.1, 0.15) is 13.3 Å². The highest BCUT2D eigenvalue weighted by Gasteiger charge is 2.25. The molecule has 1 aliphatic heterocycles. The molecule has 0 aromatic carbocycles. The Morgan fingerprint density at radius 1 is 1.69 bits per heavy atom. The summed E-state index contributed by atoms with van der Waals surface area (Å²) in [4.78, 5) is 12.2. The monoisotopic (exact) mass is 187 g/mol. The number of hydrogen-bond acceptors (Lipinski definition) is 4. The summed E-state index contributed by atoms with van der Waals surface area (Å²) in [5.74, 6) is 0. The highest BCUT2D eigenvalue weighted by molar-refractivity contribution is 5.69. The number of ether oxygens (including phenoxy) is 1. The van der Waals surface area contributed by atoms with Crippen LogP contribution < -0.4 is 0 Å². The standard InChI is InChI=1S/C8H13NO4/c1-2-13-8(12)9-4-3-6(10)5-7(9)11/h3-4,6-7,10-11H,2,5H2,1H3. The number of carbonyl (C=O) groups excluding carboxylic acids is 1. The number of aliphatic hydroxyl groups excluding tert-OH is 2. The Hall–Kier alpha value is -1.07. The third-order valence-corrected chi connectivity index (χ3v) is 1.72. The molecule has 0 aromatic heterocycles. The Bertz CT molecular complexity index is 216. The summed E-state index contributed by atoms with van der Waals surface area (Å²) in [5.41, 5.74) is 0. The van der Waals surface area contributed by atoms with Crippen molar-refractivity contribution >= 4 is 6.09 Å². The fourth-order valence-electron chi connectivity index (χ4n) is 1.08. The molecule has 0 spiro atoms. The Balaban J connectivity index is 2.59. The van der Waals surface area contributed by atoms with Crippen molar-refractivity contribution in [3.8, 4) is 0 Å². The van der Waals surface area contributed by atoms with Gasteiger partial charge >= 0.3 is 6.09 Å². The lowest BCUT2D eigenvalue weighted by atomic mass is 10.1. The number of nitrogens with zero attached hydrogens (tertiary/aromatic N) is 1. The van der Waals surface area contributed by atoms with E-state index in [4.69, 9.17) is 5.11 Å². The summed E-state index contributed by atoms with van der Waals surface area (Å²) < 4.78 is 4.68. The van der Waals surface area contributed by atoms with Crippen LogP contribution in [-0.2, 0) is 4.74 Å². The van der Waals surface area contributed by atoms with Gasteiger partial charge in [0, 0.05) is 12.6 Å². The zero-order valence-electron chi connectivity index (χ0n) is 7.38. The quantitative estimate of drug-likeness (QED) is 0.608. The van der Waals surface area contributed by atoms with E-state index in [9.17, 15) is 9.90 Å². The Morgan fingerprint density at radius 2 is 2.38 bits per heavy atom. The van der Waals surface area contributed by atoms with Crippen LogP contribution in [0.25, 0.3) is 0 Å². The fraction of sp³-hybridized carbons (Fsp3) is 0.625. The van der Waals surface area contributed by atoms with Gasteiger partial charge in [0.1, 0.15) is 6.23 Å². The first kappa shape index (κ1) is 10.0. The smallest absolute Gasteiger partial charge is 0.415 e. The molecule has 2 N–H and O–H groups in total. The zero-order valence-corrected chi connectivity index (χ0v) is 7.38.